The Morgan fingerprint density at radius 2 is 1.50 bits per heavy atom. The minimum absolute atomic E-state index is 0.0118. The first kappa shape index (κ1) is 12.8. The fourth-order valence-electron chi connectivity index (χ4n) is 1.74. The van der Waals surface area contributed by atoms with Crippen molar-refractivity contribution in [3.8, 4) is 0 Å². The molecule has 5 nitrogen and oxygen atoms in total. The van der Waals surface area contributed by atoms with Crippen molar-refractivity contribution in [3.63, 3.8) is 0 Å². The maximum absolute atomic E-state index is 11.9. The Labute approximate surface area is 96.6 Å². The summed E-state index contributed by atoms with van der Waals surface area (Å²) in [4.78, 5) is 26.2. The molecule has 16 heavy (non-hydrogen) atoms. The summed E-state index contributed by atoms with van der Waals surface area (Å²) < 4.78 is 0. The van der Waals surface area contributed by atoms with Gasteiger partial charge >= 0.3 is 6.03 Å². The van der Waals surface area contributed by atoms with Crippen molar-refractivity contribution in [2.45, 2.75) is 27.2 Å². The highest BCUT2D eigenvalue weighted by Gasteiger charge is 2.25. The third-order valence-electron chi connectivity index (χ3n) is 2.63. The summed E-state index contributed by atoms with van der Waals surface area (Å²) in [6, 6.07) is -0.400. The molecule has 2 N–H and O–H groups in total. The fraction of sp³-hybridized carbons (Fsp3) is 0.818. The summed E-state index contributed by atoms with van der Waals surface area (Å²) in [5, 5.41) is 0. The molecule has 0 unspecified atom stereocenters. The van der Waals surface area contributed by atoms with Crippen LogP contribution in [0.2, 0.25) is 0 Å². The van der Waals surface area contributed by atoms with Crippen LogP contribution in [0.3, 0.4) is 0 Å². The Morgan fingerprint density at radius 1 is 1.06 bits per heavy atom. The van der Waals surface area contributed by atoms with Crippen LogP contribution in [0.25, 0.3) is 0 Å². The third-order valence-corrected chi connectivity index (χ3v) is 2.63. The van der Waals surface area contributed by atoms with Crippen LogP contribution in [-0.4, -0.2) is 47.9 Å². The number of nitrogens with zero attached hydrogens (tertiary/aromatic N) is 2. The lowest BCUT2D eigenvalue weighted by molar-refractivity contribution is -0.134. The predicted molar refractivity (Wildman–Crippen MR) is 61.8 cm³/mol. The molecule has 1 rings (SSSR count). The third kappa shape index (κ3) is 3.72. The first-order valence-corrected chi connectivity index (χ1v) is 5.62. The molecular weight excluding hydrogens is 206 g/mol. The Morgan fingerprint density at radius 3 is 1.88 bits per heavy atom. The number of primary amides is 1. The lowest BCUT2D eigenvalue weighted by Gasteiger charge is -2.35. The molecule has 0 atom stereocenters. The lowest BCUT2D eigenvalue weighted by atomic mass is 9.91. The molecule has 1 aliphatic heterocycles. The van der Waals surface area contributed by atoms with Gasteiger partial charge in [0.25, 0.3) is 0 Å². The largest absolute Gasteiger partial charge is 0.351 e. The number of hydrogen-bond donors (Lipinski definition) is 1. The number of urea groups is 1. The standard InChI is InChI=1S/C11H21N3O2/c1-11(2,3)8-9(15)13-4-6-14(7-5-13)10(12)16/h4-8H2,1-3H3,(H2,12,16). The minimum Gasteiger partial charge on any atom is -0.351 e. The molecule has 5 heteroatoms. The van der Waals surface area contributed by atoms with Crippen molar-refractivity contribution < 1.29 is 9.59 Å². The number of hydrogen-bond acceptors (Lipinski definition) is 2. The van der Waals surface area contributed by atoms with E-state index in [-0.39, 0.29) is 11.3 Å². The van der Waals surface area contributed by atoms with E-state index in [1.165, 1.54) is 0 Å². The Bertz CT molecular complexity index is 275. The van der Waals surface area contributed by atoms with Gasteiger partial charge in [0.05, 0.1) is 0 Å². The van der Waals surface area contributed by atoms with Crippen LogP contribution in [0.4, 0.5) is 4.79 Å². The van der Waals surface area contributed by atoms with Crippen LogP contribution in [0.1, 0.15) is 27.2 Å². The summed E-state index contributed by atoms with van der Waals surface area (Å²) in [6.07, 6.45) is 0.545. The highest BCUT2D eigenvalue weighted by atomic mass is 16.2. The van der Waals surface area contributed by atoms with Crippen molar-refractivity contribution in [2.24, 2.45) is 11.1 Å². The van der Waals surface area contributed by atoms with E-state index in [1.807, 2.05) is 25.7 Å². The molecule has 0 radical (unpaired) electrons. The summed E-state index contributed by atoms with van der Waals surface area (Å²) in [5.74, 6) is 0.164. The maximum Gasteiger partial charge on any atom is 0.314 e. The van der Waals surface area contributed by atoms with Gasteiger partial charge in [-0.25, -0.2) is 4.79 Å². The second-order valence-corrected chi connectivity index (χ2v) is 5.44. The zero-order chi connectivity index (χ0) is 12.3. The molecule has 0 saturated carbocycles. The highest BCUT2D eigenvalue weighted by molar-refractivity contribution is 5.77. The Hall–Kier alpha value is -1.26. The van der Waals surface area contributed by atoms with Crippen LogP contribution in [0.5, 0.6) is 0 Å². The molecule has 1 aliphatic rings. The zero-order valence-electron chi connectivity index (χ0n) is 10.3. The van der Waals surface area contributed by atoms with Crippen LogP contribution in [0, 0.1) is 5.41 Å². The molecule has 0 aromatic rings. The molecule has 1 heterocycles. The van der Waals surface area contributed by atoms with Gasteiger partial charge in [0, 0.05) is 32.6 Å². The maximum atomic E-state index is 11.9. The van der Waals surface area contributed by atoms with E-state index in [4.69, 9.17) is 5.73 Å². The monoisotopic (exact) mass is 227 g/mol. The van der Waals surface area contributed by atoms with Gasteiger partial charge in [-0.15, -0.1) is 0 Å². The molecule has 0 aromatic carbocycles. The second kappa shape index (κ2) is 4.72. The highest BCUT2D eigenvalue weighted by Crippen LogP contribution is 2.20. The van der Waals surface area contributed by atoms with Crippen molar-refractivity contribution in [1.29, 1.82) is 0 Å². The molecule has 3 amide bonds. The Kier molecular flexibility index (Phi) is 3.78. The molecule has 0 spiro atoms. The van der Waals surface area contributed by atoms with Crippen molar-refractivity contribution in [3.05, 3.63) is 0 Å². The summed E-state index contributed by atoms with van der Waals surface area (Å²) >= 11 is 0. The SMILES string of the molecule is CC(C)(C)CC(=O)N1CCN(C(N)=O)CC1. The van der Waals surface area contributed by atoms with Gasteiger partial charge in [-0.3, -0.25) is 4.79 Å². The first-order valence-electron chi connectivity index (χ1n) is 5.62. The number of amides is 3. The van der Waals surface area contributed by atoms with E-state index in [9.17, 15) is 9.59 Å². The smallest absolute Gasteiger partial charge is 0.314 e. The van der Waals surface area contributed by atoms with Gasteiger partial charge < -0.3 is 15.5 Å². The van der Waals surface area contributed by atoms with E-state index >= 15 is 0 Å². The molecule has 0 aliphatic carbocycles. The predicted octanol–water partition coefficient (Wildman–Crippen LogP) is 0.646. The molecule has 0 bridgehead atoms. The normalized spacial score (nSPS) is 17.4. The Balaban J connectivity index is 2.42. The number of piperazine rings is 1. The average Bonchev–Trinajstić information content (AvgIpc) is 2.15. The van der Waals surface area contributed by atoms with E-state index in [0.29, 0.717) is 32.6 Å². The summed E-state index contributed by atoms with van der Waals surface area (Å²) in [5.41, 5.74) is 5.19. The van der Waals surface area contributed by atoms with Crippen molar-refractivity contribution in [2.75, 3.05) is 26.2 Å². The van der Waals surface area contributed by atoms with Gasteiger partial charge in [0.2, 0.25) is 5.91 Å². The topological polar surface area (TPSA) is 66.6 Å². The van der Waals surface area contributed by atoms with Gasteiger partial charge in [0.15, 0.2) is 0 Å². The quantitative estimate of drug-likeness (QED) is 0.714. The zero-order valence-corrected chi connectivity index (χ0v) is 10.3. The molecule has 1 fully saturated rings. The first-order chi connectivity index (χ1) is 7.29. The number of carbonyl (C=O) groups excluding carboxylic acids is 2. The van der Waals surface area contributed by atoms with E-state index in [0.717, 1.165) is 0 Å². The van der Waals surface area contributed by atoms with Crippen molar-refractivity contribution >= 4 is 11.9 Å². The lowest BCUT2D eigenvalue weighted by Crippen LogP contribution is -2.52. The van der Waals surface area contributed by atoms with Crippen molar-refractivity contribution in [1.82, 2.24) is 9.80 Å². The number of rotatable bonds is 1. The average molecular weight is 227 g/mol. The number of carbonyl (C=O) groups is 2. The van der Waals surface area contributed by atoms with E-state index in [2.05, 4.69) is 0 Å². The molecule has 1 saturated heterocycles. The molecule has 0 aromatic heterocycles. The second-order valence-electron chi connectivity index (χ2n) is 5.44. The summed E-state index contributed by atoms with van der Waals surface area (Å²) in [6.45, 7) is 8.42. The van der Waals surface area contributed by atoms with Gasteiger partial charge in [0.1, 0.15) is 0 Å². The van der Waals surface area contributed by atoms with Gasteiger partial charge in [-0.2, -0.15) is 0 Å². The molecular formula is C11H21N3O2. The van der Waals surface area contributed by atoms with Gasteiger partial charge in [-0.05, 0) is 5.41 Å². The molecule has 92 valence electrons. The van der Waals surface area contributed by atoms with Crippen LogP contribution >= 0.6 is 0 Å². The fourth-order valence-corrected chi connectivity index (χ4v) is 1.74. The van der Waals surface area contributed by atoms with E-state index < -0.39 is 6.03 Å². The summed E-state index contributed by atoms with van der Waals surface area (Å²) in [7, 11) is 0. The van der Waals surface area contributed by atoms with Crippen LogP contribution in [0.15, 0.2) is 0 Å². The van der Waals surface area contributed by atoms with Gasteiger partial charge in [-0.1, -0.05) is 20.8 Å². The number of nitrogens with two attached hydrogens (primary N) is 1. The van der Waals surface area contributed by atoms with Crippen LogP contribution in [-0.2, 0) is 4.79 Å². The van der Waals surface area contributed by atoms with Crippen LogP contribution < -0.4 is 5.73 Å². The minimum atomic E-state index is -0.400. The van der Waals surface area contributed by atoms with E-state index in [1.54, 1.807) is 4.90 Å².